The molecule has 0 spiro atoms. The van der Waals surface area contributed by atoms with Gasteiger partial charge in [0.15, 0.2) is 0 Å². The average molecular weight is 227 g/mol. The lowest BCUT2D eigenvalue weighted by Crippen LogP contribution is -2.02. The van der Waals surface area contributed by atoms with Gasteiger partial charge >= 0.3 is 5.97 Å². The zero-order chi connectivity index (χ0) is 11.4. The van der Waals surface area contributed by atoms with Crippen LogP contribution in [0.4, 0.5) is 0 Å². The monoisotopic (exact) mass is 226 g/mol. The van der Waals surface area contributed by atoms with Gasteiger partial charge in [0.2, 0.25) is 0 Å². The lowest BCUT2D eigenvalue weighted by molar-refractivity contribution is -0.133. The van der Waals surface area contributed by atoms with Gasteiger partial charge in [-0.05, 0) is 17.7 Å². The summed E-state index contributed by atoms with van der Waals surface area (Å²) in [7, 11) is 2.83. The van der Waals surface area contributed by atoms with Crippen molar-refractivity contribution in [3.05, 3.63) is 35.4 Å². The van der Waals surface area contributed by atoms with Crippen molar-refractivity contribution in [3.63, 3.8) is 0 Å². The van der Waals surface area contributed by atoms with E-state index in [1.165, 1.54) is 14.2 Å². The van der Waals surface area contributed by atoms with Crippen LogP contribution in [0.2, 0.25) is 5.02 Å². The molecule has 1 aromatic carbocycles. The third-order valence-electron chi connectivity index (χ3n) is 1.93. The van der Waals surface area contributed by atoms with Crippen LogP contribution >= 0.6 is 11.6 Å². The molecule has 0 amide bonds. The average Bonchev–Trinajstić information content (AvgIpc) is 2.26. The molecule has 0 bridgehead atoms. The summed E-state index contributed by atoms with van der Waals surface area (Å²) in [4.78, 5) is 11.2. The first-order valence-electron chi connectivity index (χ1n) is 4.21. The van der Waals surface area contributed by atoms with Gasteiger partial charge in [0, 0.05) is 0 Å². The Hall–Kier alpha value is -1.48. The minimum Gasteiger partial charge on any atom is -0.495 e. The molecule has 0 fully saturated rings. The number of carbonyl (C=O) groups excluding carboxylic acids is 1. The van der Waals surface area contributed by atoms with Gasteiger partial charge in [-0.15, -0.1) is 0 Å². The quantitative estimate of drug-likeness (QED) is 0.587. The topological polar surface area (TPSA) is 35.5 Å². The lowest BCUT2D eigenvalue weighted by atomic mass is 10.1. The van der Waals surface area contributed by atoms with Gasteiger partial charge in [0.25, 0.3) is 0 Å². The van der Waals surface area contributed by atoms with Crippen LogP contribution in [0.1, 0.15) is 5.56 Å². The molecular weight excluding hydrogens is 216 g/mol. The highest BCUT2D eigenvalue weighted by Crippen LogP contribution is 2.27. The van der Waals surface area contributed by atoms with E-state index in [0.29, 0.717) is 16.3 Å². The van der Waals surface area contributed by atoms with E-state index in [2.05, 4.69) is 11.3 Å². The second-order valence-corrected chi connectivity index (χ2v) is 3.23. The van der Waals surface area contributed by atoms with Crippen LogP contribution in [-0.2, 0) is 9.53 Å². The SMILES string of the molecule is C=C(C(=O)OC)c1ccc(OC)c(Cl)c1. The molecule has 0 aliphatic rings. The summed E-state index contributed by atoms with van der Waals surface area (Å²) in [5, 5.41) is 0.431. The van der Waals surface area contributed by atoms with Gasteiger partial charge in [0.05, 0.1) is 24.8 Å². The molecule has 0 aromatic heterocycles. The predicted molar refractivity (Wildman–Crippen MR) is 59.1 cm³/mol. The van der Waals surface area contributed by atoms with Crippen LogP contribution in [0, 0.1) is 0 Å². The highest BCUT2D eigenvalue weighted by Gasteiger charge is 2.11. The van der Waals surface area contributed by atoms with Crippen molar-refractivity contribution in [1.82, 2.24) is 0 Å². The first-order chi connectivity index (χ1) is 7.10. The van der Waals surface area contributed by atoms with Crippen LogP contribution in [0.3, 0.4) is 0 Å². The maximum absolute atomic E-state index is 11.2. The van der Waals surface area contributed by atoms with Crippen molar-refractivity contribution in [2.45, 2.75) is 0 Å². The molecule has 0 aliphatic heterocycles. The molecule has 15 heavy (non-hydrogen) atoms. The Labute approximate surface area is 93.3 Å². The molecule has 4 heteroatoms. The highest BCUT2D eigenvalue weighted by atomic mass is 35.5. The Morgan fingerprint density at radius 3 is 2.53 bits per heavy atom. The largest absolute Gasteiger partial charge is 0.495 e. The number of hydrogen-bond acceptors (Lipinski definition) is 3. The molecule has 0 atom stereocenters. The first-order valence-corrected chi connectivity index (χ1v) is 4.59. The number of methoxy groups -OCH3 is 2. The standard InChI is InChI=1S/C11H11ClO3/c1-7(11(13)15-3)8-4-5-10(14-2)9(12)6-8/h4-6H,1H2,2-3H3. The smallest absolute Gasteiger partial charge is 0.337 e. The van der Waals surface area contributed by atoms with E-state index in [4.69, 9.17) is 16.3 Å². The molecule has 0 unspecified atom stereocenters. The third-order valence-corrected chi connectivity index (χ3v) is 2.23. The van der Waals surface area contributed by atoms with E-state index in [0.717, 1.165) is 0 Å². The molecule has 0 radical (unpaired) electrons. The fourth-order valence-electron chi connectivity index (χ4n) is 1.10. The van der Waals surface area contributed by atoms with Crippen LogP contribution in [0.15, 0.2) is 24.8 Å². The maximum Gasteiger partial charge on any atom is 0.337 e. The molecule has 0 aliphatic carbocycles. The predicted octanol–water partition coefficient (Wildman–Crippen LogP) is 2.53. The molecule has 80 valence electrons. The number of esters is 1. The van der Waals surface area contributed by atoms with Gasteiger partial charge in [-0.25, -0.2) is 4.79 Å². The van der Waals surface area contributed by atoms with E-state index >= 15 is 0 Å². The summed E-state index contributed by atoms with van der Waals surface area (Å²) >= 11 is 5.90. The minimum absolute atomic E-state index is 0.266. The molecule has 0 saturated heterocycles. The summed E-state index contributed by atoms with van der Waals surface area (Å²) in [6.07, 6.45) is 0. The summed E-state index contributed by atoms with van der Waals surface area (Å²) in [6.45, 7) is 3.62. The Balaban J connectivity index is 3.02. The molecule has 0 saturated carbocycles. The Bertz CT molecular complexity index is 399. The number of carbonyl (C=O) groups is 1. The molecule has 0 N–H and O–H groups in total. The van der Waals surface area contributed by atoms with Gasteiger partial charge in [-0.2, -0.15) is 0 Å². The summed E-state index contributed by atoms with van der Waals surface area (Å²) in [5.74, 6) is 0.0781. The van der Waals surface area contributed by atoms with Gasteiger partial charge in [-0.1, -0.05) is 24.2 Å². The van der Waals surface area contributed by atoms with Crippen molar-refractivity contribution in [2.75, 3.05) is 14.2 Å². The molecular formula is C11H11ClO3. The number of halogens is 1. The lowest BCUT2D eigenvalue weighted by Gasteiger charge is -2.07. The van der Waals surface area contributed by atoms with Crippen molar-refractivity contribution in [2.24, 2.45) is 0 Å². The van der Waals surface area contributed by atoms with Crippen molar-refractivity contribution >= 4 is 23.1 Å². The van der Waals surface area contributed by atoms with Crippen LogP contribution in [0.25, 0.3) is 5.57 Å². The number of rotatable bonds is 3. The molecule has 1 aromatic rings. The van der Waals surface area contributed by atoms with E-state index in [1.807, 2.05) is 0 Å². The number of ether oxygens (including phenoxy) is 2. The number of hydrogen-bond donors (Lipinski definition) is 0. The normalized spacial score (nSPS) is 9.53. The van der Waals surface area contributed by atoms with Crippen molar-refractivity contribution in [1.29, 1.82) is 0 Å². The zero-order valence-corrected chi connectivity index (χ0v) is 9.30. The summed E-state index contributed by atoms with van der Waals surface area (Å²) in [5.41, 5.74) is 0.884. The minimum atomic E-state index is -0.476. The Morgan fingerprint density at radius 2 is 2.07 bits per heavy atom. The Morgan fingerprint density at radius 1 is 1.40 bits per heavy atom. The van der Waals surface area contributed by atoms with Gasteiger partial charge in [-0.3, -0.25) is 0 Å². The summed E-state index contributed by atoms with van der Waals surface area (Å²) < 4.78 is 9.54. The second kappa shape index (κ2) is 4.84. The molecule has 3 nitrogen and oxygen atoms in total. The zero-order valence-electron chi connectivity index (χ0n) is 8.54. The van der Waals surface area contributed by atoms with Crippen LogP contribution in [0.5, 0.6) is 5.75 Å². The first kappa shape index (κ1) is 11.6. The Kier molecular flexibility index (Phi) is 3.74. The fraction of sp³-hybridized carbons (Fsp3) is 0.182. The van der Waals surface area contributed by atoms with Crippen molar-refractivity contribution < 1.29 is 14.3 Å². The van der Waals surface area contributed by atoms with Gasteiger partial charge in [0.1, 0.15) is 5.75 Å². The number of benzene rings is 1. The van der Waals surface area contributed by atoms with E-state index in [9.17, 15) is 4.79 Å². The highest BCUT2D eigenvalue weighted by molar-refractivity contribution is 6.32. The van der Waals surface area contributed by atoms with Gasteiger partial charge < -0.3 is 9.47 Å². The third kappa shape index (κ3) is 2.50. The van der Waals surface area contributed by atoms with E-state index < -0.39 is 5.97 Å². The summed E-state index contributed by atoms with van der Waals surface area (Å²) in [6, 6.07) is 4.98. The molecule has 0 heterocycles. The fourth-order valence-corrected chi connectivity index (χ4v) is 1.35. The van der Waals surface area contributed by atoms with E-state index in [1.54, 1.807) is 18.2 Å². The van der Waals surface area contributed by atoms with Crippen molar-refractivity contribution in [3.8, 4) is 5.75 Å². The van der Waals surface area contributed by atoms with Crippen LogP contribution in [-0.4, -0.2) is 20.2 Å². The van der Waals surface area contributed by atoms with E-state index in [-0.39, 0.29) is 5.57 Å². The second-order valence-electron chi connectivity index (χ2n) is 2.82. The van der Waals surface area contributed by atoms with Crippen LogP contribution < -0.4 is 4.74 Å². The molecule has 1 rings (SSSR count). The maximum atomic E-state index is 11.2.